The second-order valence-electron chi connectivity index (χ2n) is 5.63. The highest BCUT2D eigenvalue weighted by atomic mass is 16.7. The van der Waals surface area contributed by atoms with Gasteiger partial charge in [0.05, 0.1) is 13.2 Å². The molecule has 5 N–H and O–H groups in total. The van der Waals surface area contributed by atoms with E-state index >= 15 is 0 Å². The Morgan fingerprint density at radius 3 is 2.56 bits per heavy atom. The van der Waals surface area contributed by atoms with Gasteiger partial charge in [0, 0.05) is 0 Å². The fourth-order valence-corrected chi connectivity index (χ4v) is 2.34. The number of esters is 1. The molecule has 0 radical (unpaired) electrons. The molecule has 25 heavy (non-hydrogen) atoms. The quantitative estimate of drug-likeness (QED) is 0.410. The first-order valence-electron chi connectivity index (χ1n) is 7.86. The minimum atomic E-state index is -1.62. The van der Waals surface area contributed by atoms with Crippen LogP contribution in [-0.2, 0) is 9.47 Å². The zero-order valence-corrected chi connectivity index (χ0v) is 13.6. The summed E-state index contributed by atoms with van der Waals surface area (Å²) in [6.45, 7) is 1.39. The number of aromatic hydroxyl groups is 1. The van der Waals surface area contributed by atoms with Crippen molar-refractivity contribution in [3.05, 3.63) is 23.8 Å². The third kappa shape index (κ3) is 4.39. The van der Waals surface area contributed by atoms with E-state index in [9.17, 15) is 30.3 Å². The van der Waals surface area contributed by atoms with Crippen molar-refractivity contribution in [1.29, 1.82) is 0 Å². The van der Waals surface area contributed by atoms with Gasteiger partial charge < -0.3 is 39.7 Å². The Hall–Kier alpha value is -1.91. The first kappa shape index (κ1) is 19.4. The maximum absolute atomic E-state index is 12.1. The van der Waals surface area contributed by atoms with E-state index in [2.05, 4.69) is 0 Å². The smallest absolute Gasteiger partial charge is 0.342 e. The van der Waals surface area contributed by atoms with E-state index in [-0.39, 0.29) is 23.7 Å². The monoisotopic (exact) mass is 358 g/mol. The number of phenols is 1. The first-order chi connectivity index (χ1) is 11.9. The van der Waals surface area contributed by atoms with Gasteiger partial charge in [-0.05, 0) is 24.6 Å². The van der Waals surface area contributed by atoms with E-state index in [1.165, 1.54) is 12.1 Å². The Morgan fingerprint density at radius 1 is 1.20 bits per heavy atom. The molecule has 5 atom stereocenters. The summed E-state index contributed by atoms with van der Waals surface area (Å²) in [5, 5.41) is 48.3. The normalized spacial score (nSPS) is 29.2. The van der Waals surface area contributed by atoms with Crippen LogP contribution in [0.15, 0.2) is 18.2 Å². The standard InChI is InChI=1S/C16H22O9/c1-2-5-23-15(22)9-6-8(18)3-4-10(9)24-16-14(21)13(20)12(19)11(7-17)25-16/h3-4,6,11-14,16-21H,2,5,7H2,1H3/t11-,12-,13+,14-,16-/m1/s1. The number of hydrogen-bond donors (Lipinski definition) is 5. The number of carbonyl (C=O) groups excluding carboxylic acids is 1. The van der Waals surface area contributed by atoms with E-state index in [4.69, 9.17) is 14.2 Å². The van der Waals surface area contributed by atoms with E-state index in [0.717, 1.165) is 6.07 Å². The van der Waals surface area contributed by atoms with Crippen LogP contribution in [0, 0.1) is 0 Å². The van der Waals surface area contributed by atoms with Gasteiger partial charge in [-0.3, -0.25) is 0 Å². The molecule has 9 nitrogen and oxygen atoms in total. The summed E-state index contributed by atoms with van der Waals surface area (Å²) in [6, 6.07) is 3.67. The van der Waals surface area contributed by atoms with Gasteiger partial charge >= 0.3 is 5.97 Å². The summed E-state index contributed by atoms with van der Waals surface area (Å²) in [7, 11) is 0. The first-order valence-corrected chi connectivity index (χ1v) is 7.86. The maximum Gasteiger partial charge on any atom is 0.342 e. The van der Waals surface area contributed by atoms with Crippen molar-refractivity contribution in [2.45, 2.75) is 44.1 Å². The van der Waals surface area contributed by atoms with Crippen LogP contribution in [0.4, 0.5) is 0 Å². The second kappa shape index (κ2) is 8.45. The molecule has 1 aliphatic heterocycles. The molecule has 9 heteroatoms. The molecule has 0 aliphatic carbocycles. The molecule has 0 aromatic heterocycles. The lowest BCUT2D eigenvalue weighted by molar-refractivity contribution is -0.277. The number of ether oxygens (including phenoxy) is 3. The molecular weight excluding hydrogens is 336 g/mol. The Morgan fingerprint density at radius 2 is 1.92 bits per heavy atom. The molecule has 0 spiro atoms. The van der Waals surface area contributed by atoms with Gasteiger partial charge in [0.15, 0.2) is 0 Å². The fourth-order valence-electron chi connectivity index (χ4n) is 2.34. The number of phenolic OH excluding ortho intramolecular Hbond substituents is 1. The van der Waals surface area contributed by atoms with Gasteiger partial charge in [-0.15, -0.1) is 0 Å². The molecule has 0 saturated carbocycles. The predicted octanol–water partition coefficient (Wildman–Crippen LogP) is -0.862. The second-order valence-corrected chi connectivity index (χ2v) is 5.63. The third-order valence-electron chi connectivity index (χ3n) is 3.71. The average Bonchev–Trinajstić information content (AvgIpc) is 2.61. The summed E-state index contributed by atoms with van der Waals surface area (Å²) in [6.07, 6.45) is -6.73. The molecule has 1 heterocycles. The van der Waals surface area contributed by atoms with Crippen LogP contribution < -0.4 is 4.74 Å². The highest BCUT2D eigenvalue weighted by Crippen LogP contribution is 2.29. The fraction of sp³-hybridized carbons (Fsp3) is 0.562. The van der Waals surface area contributed by atoms with Gasteiger partial charge in [-0.1, -0.05) is 6.92 Å². The molecule has 1 saturated heterocycles. The Bertz CT molecular complexity index is 589. The van der Waals surface area contributed by atoms with E-state index in [0.29, 0.717) is 6.42 Å². The molecule has 140 valence electrons. The lowest BCUT2D eigenvalue weighted by Gasteiger charge is -2.39. The van der Waals surface area contributed by atoms with Crippen LogP contribution in [0.5, 0.6) is 11.5 Å². The number of aliphatic hydroxyl groups is 4. The number of carbonyl (C=O) groups is 1. The zero-order chi connectivity index (χ0) is 18.6. The molecular formula is C16H22O9. The number of rotatable bonds is 6. The molecule has 1 aromatic rings. The molecule has 1 fully saturated rings. The van der Waals surface area contributed by atoms with Crippen LogP contribution in [0.2, 0.25) is 0 Å². The van der Waals surface area contributed by atoms with Gasteiger partial charge in [0.25, 0.3) is 0 Å². The van der Waals surface area contributed by atoms with Gasteiger partial charge in [-0.25, -0.2) is 4.79 Å². The largest absolute Gasteiger partial charge is 0.508 e. The number of benzene rings is 1. The highest BCUT2D eigenvalue weighted by Gasteiger charge is 2.45. The SMILES string of the molecule is CCCOC(=O)c1cc(O)ccc1O[C@@H]1O[C@H](CO)[C@@H](O)[C@H](O)[C@H]1O. The van der Waals surface area contributed by atoms with Crippen LogP contribution in [-0.4, -0.2) is 75.4 Å². The van der Waals surface area contributed by atoms with Crippen LogP contribution >= 0.6 is 0 Å². The van der Waals surface area contributed by atoms with Crippen molar-refractivity contribution in [2.24, 2.45) is 0 Å². The van der Waals surface area contributed by atoms with Crippen molar-refractivity contribution in [2.75, 3.05) is 13.2 Å². The molecule has 1 aliphatic rings. The van der Waals surface area contributed by atoms with Gasteiger partial charge in [0.1, 0.15) is 41.5 Å². The summed E-state index contributed by atoms with van der Waals surface area (Å²) < 4.78 is 15.7. The van der Waals surface area contributed by atoms with Crippen molar-refractivity contribution in [3.63, 3.8) is 0 Å². The highest BCUT2D eigenvalue weighted by molar-refractivity contribution is 5.93. The maximum atomic E-state index is 12.1. The molecule has 2 rings (SSSR count). The van der Waals surface area contributed by atoms with Crippen molar-refractivity contribution < 1.29 is 44.5 Å². The Balaban J connectivity index is 2.22. The van der Waals surface area contributed by atoms with Crippen molar-refractivity contribution in [3.8, 4) is 11.5 Å². The average molecular weight is 358 g/mol. The van der Waals surface area contributed by atoms with E-state index < -0.39 is 43.3 Å². The Kier molecular flexibility index (Phi) is 6.57. The summed E-state index contributed by atoms with van der Waals surface area (Å²) in [5.41, 5.74) is -0.0922. The van der Waals surface area contributed by atoms with Gasteiger partial charge in [-0.2, -0.15) is 0 Å². The summed E-state index contributed by atoms with van der Waals surface area (Å²) in [5.74, 6) is -0.981. The molecule has 0 amide bonds. The van der Waals surface area contributed by atoms with Crippen LogP contribution in [0.25, 0.3) is 0 Å². The van der Waals surface area contributed by atoms with Crippen molar-refractivity contribution >= 4 is 5.97 Å². The van der Waals surface area contributed by atoms with Gasteiger partial charge in [0.2, 0.25) is 6.29 Å². The topological polar surface area (TPSA) is 146 Å². The third-order valence-corrected chi connectivity index (χ3v) is 3.71. The lowest BCUT2D eigenvalue weighted by atomic mass is 9.99. The molecule has 0 unspecified atom stereocenters. The molecule has 0 bridgehead atoms. The number of hydrogen-bond acceptors (Lipinski definition) is 9. The Labute approximate surface area is 144 Å². The van der Waals surface area contributed by atoms with Crippen molar-refractivity contribution in [1.82, 2.24) is 0 Å². The summed E-state index contributed by atoms with van der Waals surface area (Å²) >= 11 is 0. The van der Waals surface area contributed by atoms with E-state index in [1.54, 1.807) is 0 Å². The molecule has 1 aromatic carbocycles. The summed E-state index contributed by atoms with van der Waals surface area (Å²) in [4.78, 5) is 12.1. The van der Waals surface area contributed by atoms with Crippen LogP contribution in [0.3, 0.4) is 0 Å². The minimum absolute atomic E-state index is 0.0526. The minimum Gasteiger partial charge on any atom is -0.508 e. The zero-order valence-electron chi connectivity index (χ0n) is 13.6. The predicted molar refractivity (Wildman–Crippen MR) is 83.1 cm³/mol. The lowest BCUT2D eigenvalue weighted by Crippen LogP contribution is -2.60. The van der Waals surface area contributed by atoms with E-state index in [1.807, 2.05) is 6.92 Å². The van der Waals surface area contributed by atoms with Crippen LogP contribution in [0.1, 0.15) is 23.7 Å². The number of aliphatic hydroxyl groups excluding tert-OH is 4.